The molecule has 5 heteroatoms. The molecular formula is C13H16N2O2S. The molecule has 3 N–H and O–H groups in total. The molecule has 1 saturated heterocycles. The maximum Gasteiger partial charge on any atom is 0.228 e. The maximum atomic E-state index is 12.1. The largest absolute Gasteiger partial charge is 0.385 e. The van der Waals surface area contributed by atoms with E-state index in [2.05, 4.69) is 16.7 Å². The van der Waals surface area contributed by atoms with Crippen molar-refractivity contribution in [2.45, 2.75) is 16.4 Å². The molecule has 1 fully saturated rings. The van der Waals surface area contributed by atoms with Crippen molar-refractivity contribution in [3.05, 3.63) is 29.8 Å². The van der Waals surface area contributed by atoms with Crippen molar-refractivity contribution in [1.82, 2.24) is 10.6 Å². The van der Waals surface area contributed by atoms with Gasteiger partial charge in [0, 0.05) is 30.3 Å². The van der Waals surface area contributed by atoms with Gasteiger partial charge in [-0.05, 0) is 11.6 Å². The molecular weight excluding hydrogens is 248 g/mol. The standard InChI is InChI=1S/C13H16N2O2S/c16-12(15-8-13(17)6-14-7-13)10-5-18-11-4-2-1-3-9(10)11/h1-4,10,14,17H,5-8H2,(H,15,16). The molecule has 2 aliphatic heterocycles. The lowest BCUT2D eigenvalue weighted by molar-refractivity contribution is -0.123. The number of carbonyl (C=O) groups excluding carboxylic acids is 1. The zero-order valence-electron chi connectivity index (χ0n) is 9.98. The van der Waals surface area contributed by atoms with Crippen molar-refractivity contribution in [1.29, 1.82) is 0 Å². The molecule has 1 aromatic rings. The van der Waals surface area contributed by atoms with Gasteiger partial charge in [0.1, 0.15) is 5.60 Å². The summed E-state index contributed by atoms with van der Waals surface area (Å²) < 4.78 is 0. The number of hydrogen-bond donors (Lipinski definition) is 3. The quantitative estimate of drug-likeness (QED) is 0.736. The average molecular weight is 264 g/mol. The van der Waals surface area contributed by atoms with E-state index >= 15 is 0 Å². The van der Waals surface area contributed by atoms with Crippen LogP contribution in [0.15, 0.2) is 29.2 Å². The Morgan fingerprint density at radius 2 is 2.28 bits per heavy atom. The Morgan fingerprint density at radius 3 is 3.00 bits per heavy atom. The SMILES string of the molecule is O=C(NCC1(O)CNC1)C1CSc2ccccc21. The third kappa shape index (κ3) is 2.13. The summed E-state index contributed by atoms with van der Waals surface area (Å²) in [7, 11) is 0. The first-order valence-electron chi connectivity index (χ1n) is 6.10. The van der Waals surface area contributed by atoms with E-state index in [1.165, 1.54) is 4.90 Å². The minimum atomic E-state index is -0.749. The first-order chi connectivity index (χ1) is 8.68. The van der Waals surface area contributed by atoms with Crippen LogP contribution in [0.25, 0.3) is 0 Å². The lowest BCUT2D eigenvalue weighted by Gasteiger charge is -2.37. The highest BCUT2D eigenvalue weighted by Gasteiger charge is 2.36. The Labute approximate surface area is 110 Å². The fourth-order valence-electron chi connectivity index (χ4n) is 2.29. The average Bonchev–Trinajstić information content (AvgIpc) is 2.77. The van der Waals surface area contributed by atoms with E-state index < -0.39 is 5.60 Å². The van der Waals surface area contributed by atoms with E-state index in [9.17, 15) is 9.90 Å². The summed E-state index contributed by atoms with van der Waals surface area (Å²) in [4.78, 5) is 13.3. The van der Waals surface area contributed by atoms with Crippen LogP contribution in [0.3, 0.4) is 0 Å². The lowest BCUT2D eigenvalue weighted by Crippen LogP contribution is -2.64. The first-order valence-corrected chi connectivity index (χ1v) is 7.09. The second-order valence-electron chi connectivity index (χ2n) is 4.95. The molecule has 0 radical (unpaired) electrons. The summed E-state index contributed by atoms with van der Waals surface area (Å²) in [5.74, 6) is 0.734. The van der Waals surface area contributed by atoms with Crippen LogP contribution >= 0.6 is 11.8 Å². The summed E-state index contributed by atoms with van der Waals surface area (Å²) >= 11 is 1.72. The van der Waals surface area contributed by atoms with Crippen molar-refractivity contribution in [3.63, 3.8) is 0 Å². The molecule has 0 aliphatic carbocycles. The van der Waals surface area contributed by atoms with Gasteiger partial charge in [0.05, 0.1) is 5.92 Å². The number of β-amino-alcohol motifs (C(OH)–C–C–N with tert-alkyl or cyclic N) is 1. The van der Waals surface area contributed by atoms with Crippen LogP contribution in [0.2, 0.25) is 0 Å². The highest BCUT2D eigenvalue weighted by Crippen LogP contribution is 2.39. The highest BCUT2D eigenvalue weighted by atomic mass is 32.2. The summed E-state index contributed by atoms with van der Waals surface area (Å²) in [6.07, 6.45) is 0. The number of nitrogens with one attached hydrogen (secondary N) is 2. The molecule has 1 unspecified atom stereocenters. The van der Waals surface area contributed by atoms with E-state index in [0.717, 1.165) is 11.3 Å². The summed E-state index contributed by atoms with van der Waals surface area (Å²) in [5, 5.41) is 15.8. The number of aliphatic hydroxyl groups is 1. The number of amides is 1. The molecule has 4 nitrogen and oxygen atoms in total. The monoisotopic (exact) mass is 264 g/mol. The molecule has 1 aromatic carbocycles. The second kappa shape index (κ2) is 4.57. The Balaban J connectivity index is 1.64. The Kier molecular flexibility index (Phi) is 3.05. The third-order valence-electron chi connectivity index (χ3n) is 3.52. The maximum absolute atomic E-state index is 12.1. The second-order valence-corrected chi connectivity index (χ2v) is 6.01. The Morgan fingerprint density at radius 1 is 1.50 bits per heavy atom. The smallest absolute Gasteiger partial charge is 0.228 e. The van der Waals surface area contributed by atoms with Gasteiger partial charge in [-0.2, -0.15) is 0 Å². The van der Waals surface area contributed by atoms with E-state index in [1.807, 2.05) is 18.2 Å². The number of carbonyl (C=O) groups is 1. The van der Waals surface area contributed by atoms with Crippen LogP contribution < -0.4 is 10.6 Å². The number of hydrogen-bond acceptors (Lipinski definition) is 4. The first kappa shape index (κ1) is 12.0. The zero-order chi connectivity index (χ0) is 12.6. The summed E-state index contributed by atoms with van der Waals surface area (Å²) in [6, 6.07) is 8.03. The van der Waals surface area contributed by atoms with Crippen LogP contribution in [0.4, 0.5) is 0 Å². The van der Waals surface area contributed by atoms with Crippen LogP contribution in [-0.2, 0) is 4.79 Å². The lowest BCUT2D eigenvalue weighted by atomic mass is 9.96. The molecule has 96 valence electrons. The summed E-state index contributed by atoms with van der Waals surface area (Å²) in [5.41, 5.74) is 0.361. The van der Waals surface area contributed by atoms with E-state index in [0.29, 0.717) is 19.6 Å². The molecule has 1 atom stereocenters. The molecule has 0 saturated carbocycles. The number of rotatable bonds is 3. The van der Waals surface area contributed by atoms with Gasteiger partial charge in [0.25, 0.3) is 0 Å². The molecule has 1 amide bonds. The zero-order valence-corrected chi connectivity index (χ0v) is 10.8. The van der Waals surface area contributed by atoms with Gasteiger partial charge in [-0.15, -0.1) is 11.8 Å². The van der Waals surface area contributed by atoms with Crippen LogP contribution in [0.1, 0.15) is 11.5 Å². The fourth-order valence-corrected chi connectivity index (χ4v) is 3.52. The highest BCUT2D eigenvalue weighted by molar-refractivity contribution is 7.99. The van der Waals surface area contributed by atoms with E-state index in [1.54, 1.807) is 11.8 Å². The van der Waals surface area contributed by atoms with Crippen LogP contribution in [0.5, 0.6) is 0 Å². The normalized spacial score (nSPS) is 24.2. The molecule has 2 aliphatic rings. The van der Waals surface area contributed by atoms with Gasteiger partial charge in [0.15, 0.2) is 0 Å². The molecule has 0 bridgehead atoms. The molecule has 0 spiro atoms. The van der Waals surface area contributed by atoms with Crippen molar-refractivity contribution in [2.24, 2.45) is 0 Å². The van der Waals surface area contributed by atoms with Crippen molar-refractivity contribution in [3.8, 4) is 0 Å². The van der Waals surface area contributed by atoms with Gasteiger partial charge < -0.3 is 15.7 Å². The number of fused-ring (bicyclic) bond motifs is 1. The molecule has 2 heterocycles. The minimum Gasteiger partial charge on any atom is -0.385 e. The van der Waals surface area contributed by atoms with E-state index in [-0.39, 0.29) is 11.8 Å². The van der Waals surface area contributed by atoms with Gasteiger partial charge >= 0.3 is 0 Å². The van der Waals surface area contributed by atoms with Gasteiger partial charge in [-0.1, -0.05) is 18.2 Å². The van der Waals surface area contributed by atoms with Gasteiger partial charge in [-0.3, -0.25) is 4.79 Å². The van der Waals surface area contributed by atoms with Crippen LogP contribution in [0, 0.1) is 0 Å². The topological polar surface area (TPSA) is 61.4 Å². The predicted octanol–water partition coefficient (Wildman–Crippen LogP) is 0.326. The number of benzene rings is 1. The van der Waals surface area contributed by atoms with Gasteiger partial charge in [0.2, 0.25) is 5.91 Å². The van der Waals surface area contributed by atoms with Gasteiger partial charge in [-0.25, -0.2) is 0 Å². The fraction of sp³-hybridized carbons (Fsp3) is 0.462. The van der Waals surface area contributed by atoms with Crippen molar-refractivity contribution >= 4 is 17.7 Å². The molecule has 3 rings (SSSR count). The molecule has 18 heavy (non-hydrogen) atoms. The van der Waals surface area contributed by atoms with Crippen molar-refractivity contribution < 1.29 is 9.90 Å². The minimum absolute atomic E-state index is 0.0211. The number of thioether (sulfide) groups is 1. The third-order valence-corrected chi connectivity index (χ3v) is 4.70. The predicted molar refractivity (Wildman–Crippen MR) is 70.7 cm³/mol. The van der Waals surface area contributed by atoms with Crippen molar-refractivity contribution in [2.75, 3.05) is 25.4 Å². The Bertz CT molecular complexity index is 474. The van der Waals surface area contributed by atoms with Crippen LogP contribution in [-0.4, -0.2) is 42.0 Å². The molecule has 0 aromatic heterocycles. The van der Waals surface area contributed by atoms with E-state index in [4.69, 9.17) is 0 Å². The Hall–Kier alpha value is -1.04. The summed E-state index contributed by atoms with van der Waals surface area (Å²) in [6.45, 7) is 1.45.